The lowest BCUT2D eigenvalue weighted by atomic mass is 9.86. The zero-order valence-corrected chi connectivity index (χ0v) is 19.8. The van der Waals surface area contributed by atoms with Gasteiger partial charge in [0.05, 0.1) is 16.8 Å². The van der Waals surface area contributed by atoms with Gasteiger partial charge in [0.2, 0.25) is 6.43 Å². The minimum absolute atomic E-state index is 0.0535. The van der Waals surface area contributed by atoms with E-state index in [9.17, 15) is 13.6 Å². The van der Waals surface area contributed by atoms with Gasteiger partial charge in [-0.15, -0.1) is 11.3 Å². The molecule has 1 aliphatic carbocycles. The van der Waals surface area contributed by atoms with Crippen LogP contribution in [0.3, 0.4) is 0 Å². The zero-order valence-electron chi connectivity index (χ0n) is 19.0. The third kappa shape index (κ3) is 3.86. The normalized spacial score (nSPS) is 24.6. The number of fused-ring (bicyclic) bond motifs is 2. The van der Waals surface area contributed by atoms with E-state index in [2.05, 4.69) is 15.3 Å². The number of halogens is 2. The highest BCUT2D eigenvalue weighted by molar-refractivity contribution is 7.21. The second-order valence-electron chi connectivity index (χ2n) is 9.49. The fourth-order valence-corrected chi connectivity index (χ4v) is 5.73. The Kier molecular flexibility index (Phi) is 5.64. The molecule has 1 saturated heterocycles. The predicted molar refractivity (Wildman–Crippen MR) is 128 cm³/mol. The quantitative estimate of drug-likeness (QED) is 0.517. The van der Waals surface area contributed by atoms with Gasteiger partial charge in [0.25, 0.3) is 5.91 Å². The molecule has 3 unspecified atom stereocenters. The summed E-state index contributed by atoms with van der Waals surface area (Å²) in [5, 5.41) is 3.09. The monoisotopic (exact) mass is 487 g/mol. The summed E-state index contributed by atoms with van der Waals surface area (Å²) in [5.74, 6) is 0.449. The summed E-state index contributed by atoms with van der Waals surface area (Å²) in [5.41, 5.74) is 14.6. The average Bonchev–Trinajstić information content (AvgIpc) is 3.30. The van der Waals surface area contributed by atoms with Crippen LogP contribution in [-0.2, 0) is 12.8 Å². The number of nitrogens with zero attached hydrogens (tertiary/aromatic N) is 4. The van der Waals surface area contributed by atoms with Gasteiger partial charge in [-0.1, -0.05) is 13.0 Å². The van der Waals surface area contributed by atoms with Gasteiger partial charge in [-0.3, -0.25) is 4.79 Å². The highest BCUT2D eigenvalue weighted by atomic mass is 32.1. The van der Waals surface area contributed by atoms with Crippen molar-refractivity contribution in [2.24, 2.45) is 11.1 Å². The lowest BCUT2D eigenvalue weighted by Crippen LogP contribution is -2.43. The number of nitrogens with two attached hydrogens (primary N) is 2. The lowest BCUT2D eigenvalue weighted by molar-refractivity contribution is 0.0122. The second-order valence-corrected chi connectivity index (χ2v) is 10.5. The van der Waals surface area contributed by atoms with Crippen molar-refractivity contribution in [1.82, 2.24) is 20.3 Å². The first kappa shape index (κ1) is 22.9. The van der Waals surface area contributed by atoms with Crippen molar-refractivity contribution in [3.63, 3.8) is 0 Å². The molecule has 3 atom stereocenters. The molecular formula is C23H27F2N7OS. The van der Waals surface area contributed by atoms with E-state index in [0.29, 0.717) is 46.1 Å². The number of amides is 1. The molecule has 11 heteroatoms. The number of hydrogen-bond donors (Lipinski definition) is 3. The van der Waals surface area contributed by atoms with E-state index in [1.54, 1.807) is 6.20 Å². The van der Waals surface area contributed by atoms with Crippen molar-refractivity contribution in [2.75, 3.05) is 23.7 Å². The van der Waals surface area contributed by atoms with Gasteiger partial charge < -0.3 is 21.7 Å². The highest BCUT2D eigenvalue weighted by Crippen LogP contribution is 2.37. The first-order valence-electron chi connectivity index (χ1n) is 11.3. The van der Waals surface area contributed by atoms with Gasteiger partial charge in [0.1, 0.15) is 21.0 Å². The number of rotatable bonds is 4. The molecule has 0 aromatic carbocycles. The standard InChI is InChI=1S/C23H27F2N7OS/c1-11-8-28-18-17(27)19(34-21(18)29-11)20(33)30-13-4-5-14-12(7-13)3-6-16(31-14)32-9-15(26)23(2,10-32)22(24)25/h3,6,8,13,15,22H,4-5,7,9-10,26-27H2,1-2H3,(H,30,33). The number of aromatic nitrogens is 3. The third-order valence-electron chi connectivity index (χ3n) is 6.97. The number of alkyl halides is 2. The van der Waals surface area contributed by atoms with Crippen molar-refractivity contribution in [2.45, 2.75) is 51.6 Å². The van der Waals surface area contributed by atoms with Gasteiger partial charge in [0.15, 0.2) is 0 Å². The largest absolute Gasteiger partial charge is 0.396 e. The molecule has 5 N–H and O–H groups in total. The molecule has 3 aromatic rings. The van der Waals surface area contributed by atoms with Crippen molar-refractivity contribution >= 4 is 39.1 Å². The molecule has 1 aliphatic heterocycles. The van der Waals surface area contributed by atoms with Crippen LogP contribution in [0.2, 0.25) is 0 Å². The summed E-state index contributed by atoms with van der Waals surface area (Å²) in [4.78, 5) is 29.3. The van der Waals surface area contributed by atoms with Crippen LogP contribution in [0.4, 0.5) is 20.3 Å². The molecule has 3 aromatic heterocycles. The SMILES string of the molecule is Cc1cnc2c(N)c(C(=O)NC3CCc4nc(N5CC(N)C(C)(C(F)F)C5)ccc4C3)sc2n1. The fraction of sp³-hybridized carbons (Fsp3) is 0.478. The molecule has 0 bridgehead atoms. The smallest absolute Gasteiger partial charge is 0.263 e. The number of aryl methyl sites for hydroxylation is 2. The van der Waals surface area contributed by atoms with E-state index < -0.39 is 17.9 Å². The maximum atomic E-state index is 13.5. The summed E-state index contributed by atoms with van der Waals surface area (Å²) >= 11 is 1.25. The van der Waals surface area contributed by atoms with Gasteiger partial charge in [-0.25, -0.2) is 23.7 Å². The third-order valence-corrected chi connectivity index (χ3v) is 8.06. The minimum atomic E-state index is -2.49. The first-order valence-corrected chi connectivity index (χ1v) is 12.1. The van der Waals surface area contributed by atoms with Crippen LogP contribution in [0.25, 0.3) is 10.3 Å². The Balaban J connectivity index is 1.28. The minimum Gasteiger partial charge on any atom is -0.396 e. The molecule has 0 saturated carbocycles. The Morgan fingerprint density at radius 2 is 2.15 bits per heavy atom. The van der Waals surface area contributed by atoms with Crippen LogP contribution in [-0.4, -0.2) is 52.5 Å². The zero-order chi connectivity index (χ0) is 24.2. The van der Waals surface area contributed by atoms with E-state index in [4.69, 9.17) is 16.5 Å². The molecule has 1 fully saturated rings. The van der Waals surface area contributed by atoms with Gasteiger partial charge in [0, 0.05) is 37.1 Å². The Labute approximate surface area is 199 Å². The molecular weight excluding hydrogens is 460 g/mol. The number of nitrogen functional groups attached to an aromatic ring is 1. The Bertz CT molecular complexity index is 1270. The van der Waals surface area contributed by atoms with Crippen LogP contribution >= 0.6 is 11.3 Å². The lowest BCUT2D eigenvalue weighted by Gasteiger charge is -2.28. The number of hydrogen-bond acceptors (Lipinski definition) is 8. The molecule has 0 radical (unpaired) electrons. The molecule has 1 amide bonds. The number of anilines is 2. The summed E-state index contributed by atoms with van der Waals surface area (Å²) in [6.45, 7) is 3.91. The second kappa shape index (κ2) is 8.38. The van der Waals surface area contributed by atoms with Crippen LogP contribution in [0.1, 0.15) is 40.0 Å². The van der Waals surface area contributed by atoms with E-state index in [1.165, 1.54) is 18.3 Å². The first-order chi connectivity index (χ1) is 16.2. The van der Waals surface area contributed by atoms with Crippen molar-refractivity contribution in [1.29, 1.82) is 0 Å². The predicted octanol–water partition coefficient (Wildman–Crippen LogP) is 2.68. The van der Waals surface area contributed by atoms with Gasteiger partial charge >= 0.3 is 0 Å². The molecule has 34 heavy (non-hydrogen) atoms. The van der Waals surface area contributed by atoms with Gasteiger partial charge in [-0.05, 0) is 37.8 Å². The number of nitrogens with one attached hydrogen (secondary N) is 1. The van der Waals surface area contributed by atoms with Gasteiger partial charge in [-0.2, -0.15) is 0 Å². The number of carbonyl (C=O) groups excluding carboxylic acids is 1. The van der Waals surface area contributed by atoms with E-state index in [0.717, 1.165) is 23.4 Å². The Morgan fingerprint density at radius 1 is 1.35 bits per heavy atom. The molecule has 0 spiro atoms. The number of carbonyl (C=O) groups is 1. The molecule has 8 nitrogen and oxygen atoms in total. The summed E-state index contributed by atoms with van der Waals surface area (Å²) in [6, 6.07) is 3.17. The summed E-state index contributed by atoms with van der Waals surface area (Å²) < 4.78 is 27.1. The molecule has 2 aliphatic rings. The maximum Gasteiger partial charge on any atom is 0.263 e. The fourth-order valence-electron chi connectivity index (χ4n) is 4.73. The van der Waals surface area contributed by atoms with Crippen molar-refractivity contribution in [3.05, 3.63) is 40.2 Å². The van der Waals surface area contributed by atoms with Crippen molar-refractivity contribution in [3.8, 4) is 0 Å². The van der Waals surface area contributed by atoms with Crippen molar-refractivity contribution < 1.29 is 13.6 Å². The van der Waals surface area contributed by atoms with E-state index in [-0.39, 0.29) is 18.5 Å². The maximum absolute atomic E-state index is 13.5. The van der Waals surface area contributed by atoms with E-state index >= 15 is 0 Å². The summed E-state index contributed by atoms with van der Waals surface area (Å²) in [6.07, 6.45) is 1.20. The summed E-state index contributed by atoms with van der Waals surface area (Å²) in [7, 11) is 0. The van der Waals surface area contributed by atoms with E-state index in [1.807, 2.05) is 24.0 Å². The topological polar surface area (TPSA) is 123 Å². The highest BCUT2D eigenvalue weighted by Gasteiger charge is 2.48. The molecule has 4 heterocycles. The number of thiophene rings is 1. The molecule has 180 valence electrons. The van der Waals surface area contributed by atoms with Crippen LogP contribution in [0, 0.1) is 12.3 Å². The number of pyridine rings is 1. The van der Waals surface area contributed by atoms with Crippen LogP contribution < -0.4 is 21.7 Å². The molecule has 5 rings (SSSR count). The Hall–Kier alpha value is -2.92. The van der Waals surface area contributed by atoms with Crippen LogP contribution in [0.15, 0.2) is 18.3 Å². The average molecular weight is 488 g/mol. The Morgan fingerprint density at radius 3 is 2.88 bits per heavy atom. The van der Waals surface area contributed by atoms with Crippen LogP contribution in [0.5, 0.6) is 0 Å².